The fourth-order valence-electron chi connectivity index (χ4n) is 2.46. The second-order valence-corrected chi connectivity index (χ2v) is 5.30. The molecule has 3 rings (SSSR count). The Labute approximate surface area is 117 Å². The van der Waals surface area contributed by atoms with Crippen molar-refractivity contribution in [1.29, 1.82) is 0 Å². The van der Waals surface area contributed by atoms with Gasteiger partial charge in [-0.05, 0) is 31.4 Å². The molecule has 0 radical (unpaired) electrons. The number of aliphatic hydroxyl groups excluding tert-OH is 1. The lowest BCUT2D eigenvalue weighted by Crippen LogP contribution is -2.43. The number of aromatic nitrogens is 3. The van der Waals surface area contributed by atoms with E-state index in [0.29, 0.717) is 24.2 Å². The van der Waals surface area contributed by atoms with Gasteiger partial charge in [-0.2, -0.15) is 4.98 Å². The van der Waals surface area contributed by atoms with E-state index in [1.54, 1.807) is 13.1 Å². The van der Waals surface area contributed by atoms with Crippen molar-refractivity contribution >= 4 is 5.82 Å². The Kier molecular flexibility index (Phi) is 3.40. The van der Waals surface area contributed by atoms with E-state index in [9.17, 15) is 5.11 Å². The lowest BCUT2D eigenvalue weighted by molar-refractivity contribution is 0.102. The van der Waals surface area contributed by atoms with E-state index >= 15 is 0 Å². The molecule has 1 saturated heterocycles. The standard InChI is InChI=1S/C14H18N4O2/c1-9-5-7-18(8-12(9)19)13-11(4-3-6-15-13)14-16-10(2)17-20-14/h3-4,6,9,12,19H,5,7-8H2,1-2H3. The molecule has 106 valence electrons. The van der Waals surface area contributed by atoms with Crippen molar-refractivity contribution in [1.82, 2.24) is 15.1 Å². The van der Waals surface area contributed by atoms with E-state index < -0.39 is 0 Å². The summed E-state index contributed by atoms with van der Waals surface area (Å²) in [7, 11) is 0. The molecule has 3 heterocycles. The zero-order valence-corrected chi connectivity index (χ0v) is 11.7. The first kappa shape index (κ1) is 13.1. The minimum absolute atomic E-state index is 0.323. The molecule has 2 unspecified atom stereocenters. The van der Waals surface area contributed by atoms with Crippen molar-refractivity contribution in [2.24, 2.45) is 5.92 Å². The number of pyridine rings is 1. The average Bonchev–Trinajstić information content (AvgIpc) is 2.88. The second kappa shape index (κ2) is 5.20. The van der Waals surface area contributed by atoms with Crippen LogP contribution in [0, 0.1) is 12.8 Å². The first-order valence-corrected chi connectivity index (χ1v) is 6.84. The average molecular weight is 274 g/mol. The van der Waals surface area contributed by atoms with Crippen molar-refractivity contribution in [3.63, 3.8) is 0 Å². The van der Waals surface area contributed by atoms with Gasteiger partial charge >= 0.3 is 0 Å². The maximum Gasteiger partial charge on any atom is 0.261 e. The molecule has 6 heteroatoms. The van der Waals surface area contributed by atoms with Gasteiger partial charge in [0.15, 0.2) is 5.82 Å². The van der Waals surface area contributed by atoms with Gasteiger partial charge in [0.2, 0.25) is 0 Å². The number of aliphatic hydroxyl groups is 1. The highest BCUT2D eigenvalue weighted by molar-refractivity contribution is 5.69. The molecule has 0 saturated carbocycles. The van der Waals surface area contributed by atoms with Crippen molar-refractivity contribution in [3.05, 3.63) is 24.2 Å². The molecule has 2 aromatic rings. The Morgan fingerprint density at radius 3 is 3.00 bits per heavy atom. The molecular formula is C14H18N4O2. The summed E-state index contributed by atoms with van der Waals surface area (Å²) in [5, 5.41) is 13.9. The van der Waals surface area contributed by atoms with Gasteiger partial charge in [0, 0.05) is 19.3 Å². The maximum atomic E-state index is 10.1. The van der Waals surface area contributed by atoms with Crippen LogP contribution in [0.1, 0.15) is 19.2 Å². The molecule has 6 nitrogen and oxygen atoms in total. The monoisotopic (exact) mass is 274 g/mol. The Hall–Kier alpha value is -1.95. The minimum atomic E-state index is -0.331. The molecule has 0 spiro atoms. The zero-order valence-electron chi connectivity index (χ0n) is 11.7. The first-order valence-electron chi connectivity index (χ1n) is 6.84. The van der Waals surface area contributed by atoms with Crippen molar-refractivity contribution in [2.45, 2.75) is 26.4 Å². The predicted octanol–water partition coefficient (Wildman–Crippen LogP) is 1.65. The molecule has 0 amide bonds. The molecule has 1 N–H and O–H groups in total. The van der Waals surface area contributed by atoms with E-state index in [-0.39, 0.29) is 6.10 Å². The SMILES string of the molecule is Cc1noc(-c2cccnc2N2CCC(C)C(O)C2)n1. The Morgan fingerprint density at radius 2 is 2.30 bits per heavy atom. The summed E-state index contributed by atoms with van der Waals surface area (Å²) in [5.74, 6) is 2.19. The largest absolute Gasteiger partial charge is 0.391 e. The van der Waals surface area contributed by atoms with Crippen LogP contribution in [0.15, 0.2) is 22.9 Å². The number of β-amino-alcohol motifs (C(OH)–C–C–N with tert-alkyl or cyclic N) is 1. The smallest absolute Gasteiger partial charge is 0.261 e. The van der Waals surface area contributed by atoms with Crippen LogP contribution in [0.2, 0.25) is 0 Å². The number of nitrogens with zero attached hydrogens (tertiary/aromatic N) is 4. The van der Waals surface area contributed by atoms with Gasteiger partial charge in [0.25, 0.3) is 5.89 Å². The van der Waals surface area contributed by atoms with Crippen LogP contribution in [0.4, 0.5) is 5.82 Å². The van der Waals surface area contributed by atoms with Gasteiger partial charge in [-0.1, -0.05) is 12.1 Å². The van der Waals surface area contributed by atoms with Crippen molar-refractivity contribution < 1.29 is 9.63 Å². The topological polar surface area (TPSA) is 75.3 Å². The van der Waals surface area contributed by atoms with Crippen LogP contribution in [-0.4, -0.2) is 39.4 Å². The third-order valence-electron chi connectivity index (χ3n) is 3.76. The summed E-state index contributed by atoms with van der Waals surface area (Å²) >= 11 is 0. The molecule has 1 aliphatic rings. The highest BCUT2D eigenvalue weighted by atomic mass is 16.5. The van der Waals surface area contributed by atoms with Crippen LogP contribution in [0.25, 0.3) is 11.5 Å². The third kappa shape index (κ3) is 2.38. The molecular weight excluding hydrogens is 256 g/mol. The Balaban J connectivity index is 1.94. The van der Waals surface area contributed by atoms with Gasteiger partial charge < -0.3 is 14.5 Å². The number of anilines is 1. The van der Waals surface area contributed by atoms with E-state index in [1.165, 1.54) is 0 Å². The number of aryl methyl sites for hydroxylation is 1. The molecule has 1 fully saturated rings. The molecule has 0 aliphatic carbocycles. The third-order valence-corrected chi connectivity index (χ3v) is 3.76. The van der Waals surface area contributed by atoms with E-state index in [4.69, 9.17) is 4.52 Å². The number of hydrogen-bond acceptors (Lipinski definition) is 6. The van der Waals surface area contributed by atoms with Crippen LogP contribution in [0.5, 0.6) is 0 Å². The van der Waals surface area contributed by atoms with E-state index in [0.717, 1.165) is 24.3 Å². The molecule has 0 aromatic carbocycles. The molecule has 1 aliphatic heterocycles. The lowest BCUT2D eigenvalue weighted by atomic mass is 9.96. The highest BCUT2D eigenvalue weighted by Crippen LogP contribution is 2.30. The second-order valence-electron chi connectivity index (χ2n) is 5.30. The van der Waals surface area contributed by atoms with Gasteiger partial charge in [0.05, 0.1) is 11.7 Å². The first-order chi connectivity index (χ1) is 9.65. The van der Waals surface area contributed by atoms with Gasteiger partial charge in [-0.25, -0.2) is 4.98 Å². The van der Waals surface area contributed by atoms with Crippen LogP contribution >= 0.6 is 0 Å². The number of hydrogen-bond donors (Lipinski definition) is 1. The van der Waals surface area contributed by atoms with Crippen LogP contribution in [0.3, 0.4) is 0 Å². The minimum Gasteiger partial charge on any atom is -0.391 e. The Morgan fingerprint density at radius 1 is 1.45 bits per heavy atom. The fraction of sp³-hybridized carbons (Fsp3) is 0.500. The van der Waals surface area contributed by atoms with E-state index in [2.05, 4.69) is 26.9 Å². The number of rotatable bonds is 2. The normalized spacial score (nSPS) is 23.1. The summed E-state index contributed by atoms with van der Waals surface area (Å²) in [4.78, 5) is 10.8. The molecule has 2 aromatic heterocycles. The fourth-order valence-corrected chi connectivity index (χ4v) is 2.46. The van der Waals surface area contributed by atoms with Gasteiger partial charge in [0.1, 0.15) is 5.82 Å². The van der Waals surface area contributed by atoms with Crippen molar-refractivity contribution in [3.8, 4) is 11.5 Å². The van der Waals surface area contributed by atoms with Crippen LogP contribution in [-0.2, 0) is 0 Å². The highest BCUT2D eigenvalue weighted by Gasteiger charge is 2.27. The predicted molar refractivity (Wildman–Crippen MR) is 74.3 cm³/mol. The molecule has 2 atom stereocenters. The molecule has 0 bridgehead atoms. The summed E-state index contributed by atoms with van der Waals surface area (Å²) in [6.07, 6.45) is 2.36. The molecule has 20 heavy (non-hydrogen) atoms. The summed E-state index contributed by atoms with van der Waals surface area (Å²) in [5.41, 5.74) is 0.815. The van der Waals surface area contributed by atoms with Crippen LogP contribution < -0.4 is 4.90 Å². The van der Waals surface area contributed by atoms with Gasteiger partial charge in [-0.15, -0.1) is 0 Å². The zero-order chi connectivity index (χ0) is 14.1. The Bertz CT molecular complexity index is 598. The summed E-state index contributed by atoms with van der Waals surface area (Å²) in [6.45, 7) is 5.31. The van der Waals surface area contributed by atoms with Gasteiger partial charge in [-0.3, -0.25) is 0 Å². The quantitative estimate of drug-likeness (QED) is 0.897. The summed E-state index contributed by atoms with van der Waals surface area (Å²) < 4.78 is 5.24. The summed E-state index contributed by atoms with van der Waals surface area (Å²) in [6, 6.07) is 3.76. The van der Waals surface area contributed by atoms with Crippen molar-refractivity contribution in [2.75, 3.05) is 18.0 Å². The lowest BCUT2D eigenvalue weighted by Gasteiger charge is -2.35. The maximum absolute atomic E-state index is 10.1. The number of piperidine rings is 1. The van der Waals surface area contributed by atoms with E-state index in [1.807, 2.05) is 12.1 Å².